The third-order valence-electron chi connectivity index (χ3n) is 4.16. The van der Waals surface area contributed by atoms with Crippen LogP contribution in [0, 0.1) is 0 Å². The molecule has 1 aliphatic rings. The second kappa shape index (κ2) is 6.27. The first-order chi connectivity index (χ1) is 11.8. The highest BCUT2D eigenvalue weighted by molar-refractivity contribution is 5.80. The molecule has 7 heteroatoms. The monoisotopic (exact) mass is 323 g/mol. The van der Waals surface area contributed by atoms with E-state index in [1.54, 1.807) is 24.9 Å². The van der Waals surface area contributed by atoms with Gasteiger partial charge in [-0.3, -0.25) is 9.78 Å². The molecule has 1 saturated heterocycles. The average Bonchev–Trinajstić information content (AvgIpc) is 3.24. The van der Waals surface area contributed by atoms with Gasteiger partial charge in [-0.1, -0.05) is 12.1 Å². The number of nitrogens with zero attached hydrogens (tertiary/aromatic N) is 5. The lowest BCUT2D eigenvalue weighted by molar-refractivity contribution is -0.131. The van der Waals surface area contributed by atoms with Gasteiger partial charge in [0.15, 0.2) is 0 Å². The molecule has 1 fully saturated rings. The molecule has 0 radical (unpaired) electrons. The van der Waals surface area contributed by atoms with E-state index in [4.69, 9.17) is 4.74 Å². The number of carbonyl (C=O) groups excluding carboxylic acids is 1. The largest absolute Gasteiger partial charge is 0.471 e. The number of carbonyl (C=O) groups is 1. The molecule has 1 aliphatic heterocycles. The van der Waals surface area contributed by atoms with Crippen molar-refractivity contribution in [1.29, 1.82) is 0 Å². The SMILES string of the molecule is O=C(Cn1cnc2ccccc21)N1CC[C@@H](Oc2cnccn2)C1. The Morgan fingerprint density at radius 1 is 1.25 bits per heavy atom. The van der Waals surface area contributed by atoms with Gasteiger partial charge in [0, 0.05) is 25.4 Å². The van der Waals surface area contributed by atoms with Crippen molar-refractivity contribution in [3.63, 3.8) is 0 Å². The standard InChI is InChI=1S/C17H17N5O2/c23-17(11-22-12-20-14-3-1-2-4-15(14)22)21-8-5-13(10-21)24-16-9-18-6-7-19-16/h1-4,6-7,9,12-13H,5,8,10-11H2/t13-/m1/s1. The molecule has 122 valence electrons. The van der Waals surface area contributed by atoms with Crippen LogP contribution in [0.15, 0.2) is 49.2 Å². The van der Waals surface area contributed by atoms with Crippen LogP contribution in [-0.2, 0) is 11.3 Å². The van der Waals surface area contributed by atoms with Crippen LogP contribution in [0.3, 0.4) is 0 Å². The first kappa shape index (κ1) is 14.6. The third-order valence-corrected chi connectivity index (χ3v) is 4.16. The van der Waals surface area contributed by atoms with E-state index in [1.807, 2.05) is 33.7 Å². The number of amides is 1. The minimum atomic E-state index is -0.0369. The summed E-state index contributed by atoms with van der Waals surface area (Å²) in [6, 6.07) is 7.80. The lowest BCUT2D eigenvalue weighted by Gasteiger charge is -2.17. The molecule has 3 heterocycles. The number of rotatable bonds is 4. The van der Waals surface area contributed by atoms with Gasteiger partial charge in [0.05, 0.1) is 30.1 Å². The van der Waals surface area contributed by atoms with Crippen molar-refractivity contribution in [3.05, 3.63) is 49.2 Å². The molecule has 0 spiro atoms. The number of imidazole rings is 1. The van der Waals surface area contributed by atoms with Gasteiger partial charge in [-0.15, -0.1) is 0 Å². The van der Waals surface area contributed by atoms with Crippen LogP contribution in [0.1, 0.15) is 6.42 Å². The second-order valence-corrected chi connectivity index (χ2v) is 5.77. The Labute approximate surface area is 138 Å². The van der Waals surface area contributed by atoms with Gasteiger partial charge < -0.3 is 14.2 Å². The van der Waals surface area contributed by atoms with E-state index in [1.165, 1.54) is 0 Å². The summed E-state index contributed by atoms with van der Waals surface area (Å²) in [7, 11) is 0. The number of para-hydroxylation sites is 2. The number of fused-ring (bicyclic) bond motifs is 1. The van der Waals surface area contributed by atoms with Crippen molar-refractivity contribution < 1.29 is 9.53 Å². The van der Waals surface area contributed by atoms with Crippen LogP contribution in [-0.4, -0.2) is 49.5 Å². The summed E-state index contributed by atoms with van der Waals surface area (Å²) in [4.78, 5) is 26.8. The molecule has 0 aliphatic carbocycles. The Balaban J connectivity index is 1.39. The molecule has 7 nitrogen and oxygen atoms in total. The van der Waals surface area contributed by atoms with Crippen molar-refractivity contribution >= 4 is 16.9 Å². The van der Waals surface area contributed by atoms with Crippen molar-refractivity contribution in [1.82, 2.24) is 24.4 Å². The smallest absolute Gasteiger partial charge is 0.242 e. The van der Waals surface area contributed by atoms with Crippen molar-refractivity contribution in [2.24, 2.45) is 0 Å². The molecule has 2 aromatic heterocycles. The Kier molecular flexibility index (Phi) is 3.82. The van der Waals surface area contributed by atoms with Crippen molar-refractivity contribution in [2.45, 2.75) is 19.1 Å². The molecular weight excluding hydrogens is 306 g/mol. The quantitative estimate of drug-likeness (QED) is 0.727. The number of ether oxygens (including phenoxy) is 1. The Morgan fingerprint density at radius 2 is 2.17 bits per heavy atom. The van der Waals surface area contributed by atoms with Crippen LogP contribution in [0.4, 0.5) is 0 Å². The van der Waals surface area contributed by atoms with Gasteiger partial charge in [-0.05, 0) is 12.1 Å². The summed E-state index contributed by atoms with van der Waals surface area (Å²) in [5, 5.41) is 0. The van der Waals surface area contributed by atoms with E-state index < -0.39 is 0 Å². The van der Waals surface area contributed by atoms with E-state index in [0.29, 0.717) is 25.5 Å². The molecule has 0 bridgehead atoms. The Morgan fingerprint density at radius 3 is 3.04 bits per heavy atom. The normalized spacial score (nSPS) is 17.3. The lowest BCUT2D eigenvalue weighted by atomic mass is 10.3. The van der Waals surface area contributed by atoms with Crippen LogP contribution in [0.2, 0.25) is 0 Å². The molecular formula is C17H17N5O2. The van der Waals surface area contributed by atoms with Gasteiger partial charge in [0.1, 0.15) is 12.6 Å². The molecule has 1 aromatic carbocycles. The van der Waals surface area contributed by atoms with Crippen molar-refractivity contribution in [3.8, 4) is 5.88 Å². The van der Waals surface area contributed by atoms with E-state index in [0.717, 1.165) is 17.5 Å². The molecule has 0 unspecified atom stereocenters. The number of likely N-dealkylation sites (tertiary alicyclic amines) is 1. The fourth-order valence-electron chi connectivity index (χ4n) is 2.95. The summed E-state index contributed by atoms with van der Waals surface area (Å²) in [6.45, 7) is 1.55. The molecule has 0 saturated carbocycles. The Hall–Kier alpha value is -2.96. The number of aromatic nitrogens is 4. The molecule has 4 rings (SSSR count). The predicted octanol–water partition coefficient (Wildman–Crippen LogP) is 1.51. The summed E-state index contributed by atoms with van der Waals surface area (Å²) < 4.78 is 7.66. The van der Waals surface area contributed by atoms with Crippen molar-refractivity contribution in [2.75, 3.05) is 13.1 Å². The van der Waals surface area contributed by atoms with E-state index in [-0.39, 0.29) is 12.0 Å². The molecule has 1 atom stereocenters. The first-order valence-electron chi connectivity index (χ1n) is 7.90. The van der Waals surface area contributed by atoms with Crippen LogP contribution in [0.5, 0.6) is 5.88 Å². The minimum absolute atomic E-state index is 0.0369. The maximum absolute atomic E-state index is 12.5. The fraction of sp³-hybridized carbons (Fsp3) is 0.294. The van der Waals surface area contributed by atoms with Gasteiger partial charge in [-0.2, -0.15) is 0 Å². The zero-order chi connectivity index (χ0) is 16.4. The summed E-state index contributed by atoms with van der Waals surface area (Å²) >= 11 is 0. The highest BCUT2D eigenvalue weighted by Crippen LogP contribution is 2.17. The third kappa shape index (κ3) is 2.92. The van der Waals surface area contributed by atoms with E-state index in [9.17, 15) is 4.79 Å². The lowest BCUT2D eigenvalue weighted by Crippen LogP contribution is -2.33. The van der Waals surface area contributed by atoms with Crippen LogP contribution >= 0.6 is 0 Å². The number of benzene rings is 1. The Bertz CT molecular complexity index is 848. The maximum Gasteiger partial charge on any atom is 0.242 e. The molecule has 3 aromatic rings. The van der Waals surface area contributed by atoms with Gasteiger partial charge >= 0.3 is 0 Å². The van der Waals surface area contributed by atoms with Gasteiger partial charge in [0.2, 0.25) is 11.8 Å². The van der Waals surface area contributed by atoms with Gasteiger partial charge in [0.25, 0.3) is 0 Å². The fourth-order valence-corrected chi connectivity index (χ4v) is 2.95. The van der Waals surface area contributed by atoms with E-state index >= 15 is 0 Å². The molecule has 0 N–H and O–H groups in total. The van der Waals surface area contributed by atoms with E-state index in [2.05, 4.69) is 15.0 Å². The zero-order valence-corrected chi connectivity index (χ0v) is 13.1. The summed E-state index contributed by atoms with van der Waals surface area (Å²) in [5.41, 5.74) is 1.87. The zero-order valence-electron chi connectivity index (χ0n) is 13.1. The van der Waals surface area contributed by atoms with Crippen LogP contribution in [0.25, 0.3) is 11.0 Å². The van der Waals surface area contributed by atoms with Gasteiger partial charge in [-0.25, -0.2) is 9.97 Å². The average molecular weight is 323 g/mol. The summed E-state index contributed by atoms with van der Waals surface area (Å²) in [5.74, 6) is 0.570. The summed E-state index contributed by atoms with van der Waals surface area (Å²) in [6.07, 6.45) is 7.26. The highest BCUT2D eigenvalue weighted by atomic mass is 16.5. The highest BCUT2D eigenvalue weighted by Gasteiger charge is 2.28. The molecule has 24 heavy (non-hydrogen) atoms. The number of hydrogen-bond donors (Lipinski definition) is 0. The topological polar surface area (TPSA) is 73.1 Å². The second-order valence-electron chi connectivity index (χ2n) is 5.77. The maximum atomic E-state index is 12.5. The molecule has 1 amide bonds. The first-order valence-corrected chi connectivity index (χ1v) is 7.90. The minimum Gasteiger partial charge on any atom is -0.471 e. The number of hydrogen-bond acceptors (Lipinski definition) is 5. The van der Waals surface area contributed by atoms with Crippen LogP contribution < -0.4 is 4.74 Å². The predicted molar refractivity (Wildman–Crippen MR) is 87.4 cm³/mol.